The average Bonchev–Trinajstić information content (AvgIpc) is 2.64. The molecule has 26 heavy (non-hydrogen) atoms. The maximum Gasteiger partial charge on any atom is 0.341 e. The molecule has 0 spiro atoms. The molecule has 0 aliphatic rings. The van der Waals surface area contributed by atoms with Crippen molar-refractivity contribution in [3.8, 4) is 11.5 Å². The fourth-order valence-electron chi connectivity index (χ4n) is 2.12. The fraction of sp³-hybridized carbons (Fsp3) is 0.222. The highest BCUT2D eigenvalue weighted by molar-refractivity contribution is 6.35. The Bertz CT molecular complexity index is 810. The Labute approximate surface area is 160 Å². The summed E-state index contributed by atoms with van der Waals surface area (Å²) in [5.41, 5.74) is 0.995. The Balaban J connectivity index is 1.93. The standard InChI is InChI=1S/C18H17Cl2NO5/c1-24-15-5-3-11(7-13(15)18(23)25-2)9-21-17(22)10-26-16-6-4-12(19)8-14(16)20/h3-8H,9-10H2,1-2H3,(H,21,22). The van der Waals surface area contributed by atoms with Gasteiger partial charge in [0.1, 0.15) is 17.1 Å². The Morgan fingerprint density at radius 1 is 1.04 bits per heavy atom. The van der Waals surface area contributed by atoms with Crippen molar-refractivity contribution in [2.45, 2.75) is 6.54 Å². The van der Waals surface area contributed by atoms with Gasteiger partial charge in [0.25, 0.3) is 5.91 Å². The van der Waals surface area contributed by atoms with E-state index >= 15 is 0 Å². The first-order valence-corrected chi connectivity index (χ1v) is 8.30. The van der Waals surface area contributed by atoms with E-state index in [4.69, 9.17) is 37.4 Å². The third-order valence-electron chi connectivity index (χ3n) is 3.41. The van der Waals surface area contributed by atoms with Crippen molar-refractivity contribution in [3.63, 3.8) is 0 Å². The van der Waals surface area contributed by atoms with Gasteiger partial charge in [0.2, 0.25) is 0 Å². The summed E-state index contributed by atoms with van der Waals surface area (Å²) < 4.78 is 15.2. The van der Waals surface area contributed by atoms with Crippen LogP contribution < -0.4 is 14.8 Å². The van der Waals surface area contributed by atoms with Crippen LogP contribution in [0.1, 0.15) is 15.9 Å². The SMILES string of the molecule is COC(=O)c1cc(CNC(=O)COc2ccc(Cl)cc2Cl)ccc1OC. The number of halogens is 2. The maximum atomic E-state index is 11.9. The topological polar surface area (TPSA) is 73.9 Å². The van der Waals surface area contributed by atoms with Crippen LogP contribution in [-0.4, -0.2) is 32.7 Å². The van der Waals surface area contributed by atoms with Gasteiger partial charge < -0.3 is 19.5 Å². The normalized spacial score (nSPS) is 10.2. The molecule has 6 nitrogen and oxygen atoms in total. The van der Waals surface area contributed by atoms with E-state index in [1.165, 1.54) is 20.3 Å². The van der Waals surface area contributed by atoms with E-state index in [1.807, 2.05) is 0 Å². The van der Waals surface area contributed by atoms with Gasteiger partial charge in [0.05, 0.1) is 19.2 Å². The lowest BCUT2D eigenvalue weighted by molar-refractivity contribution is -0.123. The van der Waals surface area contributed by atoms with Gasteiger partial charge in [0.15, 0.2) is 6.61 Å². The summed E-state index contributed by atoms with van der Waals surface area (Å²) >= 11 is 11.8. The molecule has 2 aromatic carbocycles. The van der Waals surface area contributed by atoms with Crippen LogP contribution in [0.4, 0.5) is 0 Å². The largest absolute Gasteiger partial charge is 0.496 e. The zero-order valence-electron chi connectivity index (χ0n) is 14.2. The highest BCUT2D eigenvalue weighted by atomic mass is 35.5. The van der Waals surface area contributed by atoms with Crippen molar-refractivity contribution in [1.29, 1.82) is 0 Å². The van der Waals surface area contributed by atoms with Crippen molar-refractivity contribution in [2.24, 2.45) is 0 Å². The molecule has 138 valence electrons. The summed E-state index contributed by atoms with van der Waals surface area (Å²) in [6, 6.07) is 9.71. The smallest absolute Gasteiger partial charge is 0.341 e. The van der Waals surface area contributed by atoms with Gasteiger partial charge in [-0.1, -0.05) is 29.3 Å². The quantitative estimate of drug-likeness (QED) is 0.723. The van der Waals surface area contributed by atoms with Gasteiger partial charge in [-0.25, -0.2) is 4.79 Å². The molecular weight excluding hydrogens is 381 g/mol. The molecule has 0 aliphatic heterocycles. The minimum Gasteiger partial charge on any atom is -0.496 e. The number of ether oxygens (including phenoxy) is 3. The van der Waals surface area contributed by atoms with E-state index in [2.05, 4.69) is 5.32 Å². The van der Waals surface area contributed by atoms with Gasteiger partial charge in [-0.05, 0) is 35.9 Å². The summed E-state index contributed by atoms with van der Waals surface area (Å²) in [4.78, 5) is 23.7. The molecule has 8 heteroatoms. The third kappa shape index (κ3) is 5.28. The number of nitrogens with one attached hydrogen (secondary N) is 1. The lowest BCUT2D eigenvalue weighted by atomic mass is 10.1. The average molecular weight is 398 g/mol. The highest BCUT2D eigenvalue weighted by Gasteiger charge is 2.14. The number of hydrogen-bond acceptors (Lipinski definition) is 5. The Kier molecular flexibility index (Phi) is 7.12. The molecule has 0 aromatic heterocycles. The Morgan fingerprint density at radius 3 is 2.42 bits per heavy atom. The predicted octanol–water partition coefficient (Wildman–Crippen LogP) is 3.48. The number of hydrogen-bond donors (Lipinski definition) is 1. The number of carbonyl (C=O) groups excluding carboxylic acids is 2. The van der Waals surface area contributed by atoms with E-state index in [9.17, 15) is 9.59 Å². The monoisotopic (exact) mass is 397 g/mol. The van der Waals surface area contributed by atoms with Crippen LogP contribution in [0.2, 0.25) is 10.0 Å². The highest BCUT2D eigenvalue weighted by Crippen LogP contribution is 2.27. The van der Waals surface area contributed by atoms with E-state index in [-0.39, 0.29) is 24.6 Å². The second kappa shape index (κ2) is 9.31. The molecule has 2 aromatic rings. The fourth-order valence-corrected chi connectivity index (χ4v) is 2.58. The van der Waals surface area contributed by atoms with Crippen LogP contribution in [0.3, 0.4) is 0 Å². The lowest BCUT2D eigenvalue weighted by Crippen LogP contribution is -2.28. The number of rotatable bonds is 7. The zero-order chi connectivity index (χ0) is 19.1. The molecule has 1 amide bonds. The van der Waals surface area contributed by atoms with Crippen LogP contribution in [0.25, 0.3) is 0 Å². The summed E-state index contributed by atoms with van der Waals surface area (Å²) in [7, 11) is 2.75. The number of carbonyl (C=O) groups is 2. The molecule has 1 N–H and O–H groups in total. The van der Waals surface area contributed by atoms with Gasteiger partial charge in [-0.2, -0.15) is 0 Å². The molecule has 0 saturated carbocycles. The number of benzene rings is 2. The third-order valence-corrected chi connectivity index (χ3v) is 3.94. The van der Waals surface area contributed by atoms with Crippen LogP contribution in [0.5, 0.6) is 11.5 Å². The van der Waals surface area contributed by atoms with Crippen molar-refractivity contribution >= 4 is 35.1 Å². The molecule has 0 fully saturated rings. The molecule has 0 atom stereocenters. The number of esters is 1. The first-order chi connectivity index (χ1) is 12.4. The van der Waals surface area contributed by atoms with Gasteiger partial charge in [-0.15, -0.1) is 0 Å². The predicted molar refractivity (Wildman–Crippen MR) is 98.1 cm³/mol. The molecule has 0 radical (unpaired) electrons. The minimum atomic E-state index is -0.518. The first kappa shape index (κ1) is 19.9. The van der Waals surface area contributed by atoms with E-state index < -0.39 is 5.97 Å². The van der Waals surface area contributed by atoms with Crippen molar-refractivity contribution < 1.29 is 23.8 Å². The summed E-state index contributed by atoms with van der Waals surface area (Å²) in [6.07, 6.45) is 0. The first-order valence-electron chi connectivity index (χ1n) is 7.54. The summed E-state index contributed by atoms with van der Waals surface area (Å²) in [5, 5.41) is 3.50. The van der Waals surface area contributed by atoms with Gasteiger partial charge in [-0.3, -0.25) is 4.79 Å². The van der Waals surface area contributed by atoms with Crippen LogP contribution in [-0.2, 0) is 16.1 Å². The molecule has 0 unspecified atom stereocenters. The van der Waals surface area contributed by atoms with Crippen molar-refractivity contribution in [1.82, 2.24) is 5.32 Å². The molecule has 0 aliphatic carbocycles. The molecule has 0 heterocycles. The van der Waals surface area contributed by atoms with Crippen LogP contribution >= 0.6 is 23.2 Å². The zero-order valence-corrected chi connectivity index (χ0v) is 15.7. The minimum absolute atomic E-state index is 0.207. The Hall–Kier alpha value is -2.44. The second-order valence-electron chi connectivity index (χ2n) is 5.17. The van der Waals surface area contributed by atoms with E-state index in [0.717, 1.165) is 0 Å². The number of amides is 1. The van der Waals surface area contributed by atoms with E-state index in [0.29, 0.717) is 27.1 Å². The molecule has 2 rings (SSSR count). The summed E-state index contributed by atoms with van der Waals surface area (Å²) in [5.74, 6) is -0.0986. The number of methoxy groups -OCH3 is 2. The molecule has 0 saturated heterocycles. The van der Waals surface area contributed by atoms with Crippen molar-refractivity contribution in [2.75, 3.05) is 20.8 Å². The summed E-state index contributed by atoms with van der Waals surface area (Å²) in [6.45, 7) is 0.00585. The Morgan fingerprint density at radius 2 is 1.77 bits per heavy atom. The van der Waals surface area contributed by atoms with Crippen LogP contribution in [0, 0.1) is 0 Å². The van der Waals surface area contributed by atoms with Crippen molar-refractivity contribution in [3.05, 3.63) is 57.6 Å². The molecule has 0 bridgehead atoms. The lowest BCUT2D eigenvalue weighted by Gasteiger charge is -2.11. The van der Waals surface area contributed by atoms with Gasteiger partial charge in [0, 0.05) is 11.6 Å². The molecular formula is C18H17Cl2NO5. The van der Waals surface area contributed by atoms with Crippen LogP contribution in [0.15, 0.2) is 36.4 Å². The maximum absolute atomic E-state index is 11.9. The second-order valence-corrected chi connectivity index (χ2v) is 6.01. The van der Waals surface area contributed by atoms with Gasteiger partial charge >= 0.3 is 5.97 Å². The van der Waals surface area contributed by atoms with E-state index in [1.54, 1.807) is 30.3 Å².